The van der Waals surface area contributed by atoms with E-state index in [1.54, 1.807) is 18.2 Å². The van der Waals surface area contributed by atoms with Crippen molar-refractivity contribution in [3.8, 4) is 17.2 Å². The van der Waals surface area contributed by atoms with Crippen LogP contribution in [0.15, 0.2) is 82.5 Å². The summed E-state index contributed by atoms with van der Waals surface area (Å²) >= 11 is 6.13. The molecule has 0 fully saturated rings. The second-order valence-electron chi connectivity index (χ2n) is 7.89. The number of furan rings is 1. The minimum absolute atomic E-state index is 0.0190. The highest BCUT2D eigenvalue weighted by atomic mass is 35.5. The maximum absolute atomic E-state index is 13.7. The highest BCUT2D eigenvalue weighted by Gasteiger charge is 2.46. The smallest absolute Gasteiger partial charge is 0.294 e. The van der Waals surface area contributed by atoms with Crippen molar-refractivity contribution >= 4 is 39.9 Å². The summed E-state index contributed by atoms with van der Waals surface area (Å²) < 4.78 is 11.1. The molecule has 0 radical (unpaired) electrons. The molecule has 1 aromatic heterocycles. The second-order valence-corrected chi connectivity index (χ2v) is 8.32. The number of phenols is 2. The van der Waals surface area contributed by atoms with Crippen molar-refractivity contribution < 1.29 is 34.1 Å². The van der Waals surface area contributed by atoms with E-state index in [4.69, 9.17) is 20.8 Å². The number of fused-ring (bicyclic) bond motifs is 1. The van der Waals surface area contributed by atoms with Crippen LogP contribution in [-0.2, 0) is 4.79 Å². The van der Waals surface area contributed by atoms with Gasteiger partial charge in [0.05, 0.1) is 24.4 Å². The van der Waals surface area contributed by atoms with Gasteiger partial charge in [0.15, 0.2) is 22.9 Å². The number of ketones is 1. The van der Waals surface area contributed by atoms with Gasteiger partial charge in [-0.2, -0.15) is 0 Å². The van der Waals surface area contributed by atoms with Crippen molar-refractivity contribution in [3.05, 3.63) is 94.4 Å². The van der Waals surface area contributed by atoms with Crippen LogP contribution in [0.4, 0.5) is 5.69 Å². The average Bonchev–Trinajstić information content (AvgIpc) is 3.38. The first-order valence-electron chi connectivity index (χ1n) is 10.5. The van der Waals surface area contributed by atoms with Crippen LogP contribution in [0.25, 0.3) is 11.0 Å². The number of carbonyl (C=O) groups is 2. The first kappa shape index (κ1) is 22.4. The number of carbonyl (C=O) groups excluding carboxylic acids is 2. The Morgan fingerprint density at radius 2 is 1.74 bits per heavy atom. The van der Waals surface area contributed by atoms with Crippen molar-refractivity contribution in [2.75, 3.05) is 12.0 Å². The Bertz CT molecular complexity index is 1520. The number of hydrogen-bond acceptors (Lipinski definition) is 7. The molecular weight excluding hydrogens is 474 g/mol. The number of phenolic OH excluding ortho intramolecular Hbond substituents is 2. The molecule has 0 saturated heterocycles. The van der Waals surface area contributed by atoms with Gasteiger partial charge in [-0.05, 0) is 42.0 Å². The number of benzene rings is 3. The van der Waals surface area contributed by atoms with Crippen molar-refractivity contribution in [1.29, 1.82) is 0 Å². The van der Waals surface area contributed by atoms with Crippen LogP contribution in [-0.4, -0.2) is 34.1 Å². The largest absolute Gasteiger partial charge is 0.508 e. The molecule has 3 aromatic carbocycles. The van der Waals surface area contributed by atoms with E-state index in [1.165, 1.54) is 55.6 Å². The number of methoxy groups -OCH3 is 1. The fourth-order valence-electron chi connectivity index (χ4n) is 4.21. The summed E-state index contributed by atoms with van der Waals surface area (Å²) in [7, 11) is 1.43. The summed E-state index contributed by atoms with van der Waals surface area (Å²) in [4.78, 5) is 28.0. The number of halogens is 1. The van der Waals surface area contributed by atoms with E-state index in [1.807, 2.05) is 0 Å². The van der Waals surface area contributed by atoms with Gasteiger partial charge in [-0.1, -0.05) is 35.9 Å². The number of amides is 1. The number of aromatic hydroxyl groups is 2. The van der Waals surface area contributed by atoms with Gasteiger partial charge in [0.25, 0.3) is 5.91 Å². The van der Waals surface area contributed by atoms with Gasteiger partial charge in [-0.15, -0.1) is 0 Å². The van der Waals surface area contributed by atoms with E-state index in [-0.39, 0.29) is 34.1 Å². The van der Waals surface area contributed by atoms with E-state index < -0.39 is 23.5 Å². The lowest BCUT2D eigenvalue weighted by Crippen LogP contribution is -2.31. The Hall–Kier alpha value is -4.43. The molecule has 5 rings (SSSR count). The molecular formula is C26H18ClNO7. The lowest BCUT2D eigenvalue weighted by molar-refractivity contribution is -0.117. The summed E-state index contributed by atoms with van der Waals surface area (Å²) in [6.45, 7) is 0. The Kier molecular flexibility index (Phi) is 5.37. The molecule has 1 aliphatic heterocycles. The summed E-state index contributed by atoms with van der Waals surface area (Å²) in [5.74, 6) is -2.44. The molecule has 0 bridgehead atoms. The highest BCUT2D eigenvalue weighted by molar-refractivity contribution is 6.31. The molecule has 4 aromatic rings. The van der Waals surface area contributed by atoms with Gasteiger partial charge in [0, 0.05) is 16.5 Å². The molecule has 9 heteroatoms. The van der Waals surface area contributed by atoms with Crippen molar-refractivity contribution in [2.45, 2.75) is 6.04 Å². The molecule has 35 heavy (non-hydrogen) atoms. The molecule has 1 aliphatic rings. The maximum atomic E-state index is 13.7. The van der Waals surface area contributed by atoms with Crippen LogP contribution < -0.4 is 9.64 Å². The maximum Gasteiger partial charge on any atom is 0.294 e. The van der Waals surface area contributed by atoms with Gasteiger partial charge in [0.2, 0.25) is 5.78 Å². The summed E-state index contributed by atoms with van der Waals surface area (Å²) in [6, 6.07) is 15.4. The van der Waals surface area contributed by atoms with Crippen LogP contribution in [0.2, 0.25) is 5.02 Å². The minimum Gasteiger partial charge on any atom is -0.508 e. The average molecular weight is 492 g/mol. The van der Waals surface area contributed by atoms with Crippen LogP contribution in [0.5, 0.6) is 17.2 Å². The van der Waals surface area contributed by atoms with Gasteiger partial charge in [-0.3, -0.25) is 14.5 Å². The molecule has 1 unspecified atom stereocenters. The Balaban J connectivity index is 1.68. The Labute approximate surface area is 203 Å². The predicted octanol–water partition coefficient (Wildman–Crippen LogP) is 5.29. The summed E-state index contributed by atoms with van der Waals surface area (Å²) in [5, 5.41) is 31.9. The van der Waals surface area contributed by atoms with Gasteiger partial charge < -0.3 is 24.5 Å². The zero-order valence-electron chi connectivity index (χ0n) is 18.2. The Morgan fingerprint density at radius 1 is 1.03 bits per heavy atom. The monoisotopic (exact) mass is 491 g/mol. The fourth-order valence-corrected chi connectivity index (χ4v) is 4.42. The number of para-hydroxylation sites is 2. The molecule has 176 valence electrons. The molecule has 0 saturated carbocycles. The number of Topliss-reactive ketones (excluding diaryl/α,β-unsaturated/α-hetero) is 1. The lowest BCUT2D eigenvalue weighted by atomic mass is 9.94. The molecule has 0 spiro atoms. The number of aliphatic hydroxyl groups is 1. The van der Waals surface area contributed by atoms with Gasteiger partial charge in [-0.25, -0.2) is 0 Å². The van der Waals surface area contributed by atoms with Crippen molar-refractivity contribution in [3.63, 3.8) is 0 Å². The third-order valence-corrected chi connectivity index (χ3v) is 6.01. The number of aliphatic hydroxyl groups excluding tert-OH is 1. The molecule has 1 amide bonds. The number of ether oxygens (including phenoxy) is 1. The van der Waals surface area contributed by atoms with E-state index in [9.17, 15) is 24.9 Å². The number of nitrogens with zero attached hydrogens (tertiary/aromatic N) is 1. The van der Waals surface area contributed by atoms with Crippen LogP contribution in [0.3, 0.4) is 0 Å². The van der Waals surface area contributed by atoms with Gasteiger partial charge in [0.1, 0.15) is 11.5 Å². The topological polar surface area (TPSA) is 120 Å². The summed E-state index contributed by atoms with van der Waals surface area (Å²) in [5.41, 5.74) is 0.558. The SMILES string of the molecule is COc1cc(Cl)cc2cc(C(=O)C3=C(O)C(=O)N(c4ccccc4O)C3c3ccc(O)cc3)oc12. The zero-order valence-corrected chi connectivity index (χ0v) is 19.0. The molecule has 2 heterocycles. The van der Waals surface area contributed by atoms with E-state index in [0.29, 0.717) is 21.7 Å². The predicted molar refractivity (Wildman–Crippen MR) is 128 cm³/mol. The third-order valence-electron chi connectivity index (χ3n) is 5.79. The quantitative estimate of drug-likeness (QED) is 0.324. The number of anilines is 1. The lowest BCUT2D eigenvalue weighted by Gasteiger charge is -2.27. The first-order valence-corrected chi connectivity index (χ1v) is 10.8. The first-order chi connectivity index (χ1) is 16.8. The Morgan fingerprint density at radius 3 is 2.43 bits per heavy atom. The zero-order chi connectivity index (χ0) is 24.9. The van der Waals surface area contributed by atoms with Crippen molar-refractivity contribution in [2.24, 2.45) is 0 Å². The molecule has 0 aliphatic carbocycles. The minimum atomic E-state index is -1.11. The standard InChI is InChI=1S/C26H18ClNO7/c1-34-20-12-15(27)10-14-11-19(35-25(14)20)23(31)21-22(13-6-8-16(29)9-7-13)28(26(33)24(21)32)17-4-2-3-5-18(17)30/h2-12,22,29-30,32H,1H3. The normalized spacial score (nSPS) is 15.8. The number of hydrogen-bond donors (Lipinski definition) is 3. The van der Waals surface area contributed by atoms with Crippen LogP contribution in [0.1, 0.15) is 22.2 Å². The molecule has 1 atom stereocenters. The van der Waals surface area contributed by atoms with Crippen LogP contribution >= 0.6 is 11.6 Å². The van der Waals surface area contributed by atoms with E-state index in [2.05, 4.69) is 0 Å². The van der Waals surface area contributed by atoms with Crippen molar-refractivity contribution in [1.82, 2.24) is 0 Å². The fraction of sp³-hybridized carbons (Fsp3) is 0.0769. The number of rotatable bonds is 5. The summed E-state index contributed by atoms with van der Waals surface area (Å²) in [6.07, 6.45) is 0. The third kappa shape index (κ3) is 3.64. The molecule has 3 N–H and O–H groups in total. The second kappa shape index (κ2) is 8.41. The van der Waals surface area contributed by atoms with Gasteiger partial charge >= 0.3 is 0 Å². The van der Waals surface area contributed by atoms with E-state index in [0.717, 1.165) is 4.90 Å². The highest BCUT2D eigenvalue weighted by Crippen LogP contribution is 2.45. The van der Waals surface area contributed by atoms with Crippen LogP contribution in [0, 0.1) is 0 Å². The molecule has 8 nitrogen and oxygen atoms in total. The van der Waals surface area contributed by atoms with E-state index >= 15 is 0 Å².